The standard InChI is InChI=1S/C18H19FN6O/c1-23(18(26)24-6-2-3-7-24)13-4-5-15(19)14(8-13)16-11-25-10-12(20)9-21-17(25)22-16/h4-5,8-11H,2-3,6-7,20H2,1H3. The number of urea groups is 1. The van der Waals surface area contributed by atoms with Crippen molar-refractivity contribution in [3.63, 3.8) is 0 Å². The van der Waals surface area contributed by atoms with E-state index >= 15 is 0 Å². The lowest BCUT2D eigenvalue weighted by Crippen LogP contribution is -2.39. The number of hydrogen-bond acceptors (Lipinski definition) is 4. The van der Waals surface area contributed by atoms with Gasteiger partial charge in [0, 0.05) is 43.8 Å². The van der Waals surface area contributed by atoms with Gasteiger partial charge in [0.05, 0.1) is 17.6 Å². The minimum atomic E-state index is -0.410. The Hall–Kier alpha value is -3.16. The molecule has 0 atom stereocenters. The van der Waals surface area contributed by atoms with E-state index in [2.05, 4.69) is 9.97 Å². The molecular weight excluding hydrogens is 335 g/mol. The number of nitrogen functional groups attached to an aromatic ring is 1. The quantitative estimate of drug-likeness (QED) is 0.767. The monoisotopic (exact) mass is 354 g/mol. The maximum atomic E-state index is 14.4. The number of aromatic nitrogens is 3. The molecule has 1 aliphatic heterocycles. The molecule has 0 radical (unpaired) electrons. The number of likely N-dealkylation sites (tertiary alicyclic amines) is 1. The van der Waals surface area contributed by atoms with Crippen LogP contribution in [0, 0.1) is 5.82 Å². The van der Waals surface area contributed by atoms with Crippen molar-refractivity contribution in [3.8, 4) is 11.3 Å². The van der Waals surface area contributed by atoms with Gasteiger partial charge in [0.25, 0.3) is 0 Å². The molecule has 1 fully saturated rings. The van der Waals surface area contributed by atoms with E-state index in [0.29, 0.717) is 28.4 Å². The summed E-state index contributed by atoms with van der Waals surface area (Å²) in [5, 5.41) is 0. The highest BCUT2D eigenvalue weighted by Crippen LogP contribution is 2.28. The van der Waals surface area contributed by atoms with Gasteiger partial charge in [-0.25, -0.2) is 19.2 Å². The Balaban J connectivity index is 1.70. The second-order valence-corrected chi connectivity index (χ2v) is 6.42. The van der Waals surface area contributed by atoms with Crippen molar-refractivity contribution in [3.05, 3.63) is 42.6 Å². The Morgan fingerprint density at radius 2 is 2.04 bits per heavy atom. The van der Waals surface area contributed by atoms with Crippen molar-refractivity contribution in [2.45, 2.75) is 12.8 Å². The van der Waals surface area contributed by atoms with Crippen LogP contribution in [0.4, 0.5) is 20.6 Å². The van der Waals surface area contributed by atoms with Gasteiger partial charge >= 0.3 is 6.03 Å². The van der Waals surface area contributed by atoms with E-state index in [9.17, 15) is 9.18 Å². The first-order valence-electron chi connectivity index (χ1n) is 8.46. The molecule has 4 rings (SSSR count). The SMILES string of the molecule is CN(C(=O)N1CCCC1)c1ccc(F)c(-c2cn3cc(N)cnc3n2)c1. The zero-order valence-electron chi connectivity index (χ0n) is 14.4. The summed E-state index contributed by atoms with van der Waals surface area (Å²) in [6.07, 6.45) is 6.88. The van der Waals surface area contributed by atoms with E-state index in [1.165, 1.54) is 12.3 Å². The number of nitrogens with two attached hydrogens (primary N) is 1. The Bertz CT molecular complexity index is 979. The number of nitrogens with zero attached hydrogens (tertiary/aromatic N) is 5. The maximum Gasteiger partial charge on any atom is 0.324 e. The van der Waals surface area contributed by atoms with E-state index in [0.717, 1.165) is 25.9 Å². The molecule has 8 heteroatoms. The van der Waals surface area contributed by atoms with Crippen LogP contribution in [0.5, 0.6) is 0 Å². The third-order valence-electron chi connectivity index (χ3n) is 4.61. The summed E-state index contributed by atoms with van der Waals surface area (Å²) >= 11 is 0. The number of fused-ring (bicyclic) bond motifs is 1. The number of anilines is 2. The molecule has 26 heavy (non-hydrogen) atoms. The molecule has 134 valence electrons. The molecule has 7 nitrogen and oxygen atoms in total. The van der Waals surface area contributed by atoms with Gasteiger partial charge < -0.3 is 10.6 Å². The summed E-state index contributed by atoms with van der Waals surface area (Å²) < 4.78 is 16.1. The van der Waals surface area contributed by atoms with E-state index in [-0.39, 0.29) is 6.03 Å². The number of rotatable bonds is 2. The Morgan fingerprint density at radius 1 is 1.27 bits per heavy atom. The Morgan fingerprint density at radius 3 is 2.81 bits per heavy atom. The lowest BCUT2D eigenvalue weighted by molar-refractivity contribution is 0.217. The summed E-state index contributed by atoms with van der Waals surface area (Å²) in [5.74, 6) is 0.0210. The molecule has 0 saturated carbocycles. The summed E-state index contributed by atoms with van der Waals surface area (Å²) in [5.41, 5.74) is 7.58. The number of halogens is 1. The van der Waals surface area contributed by atoms with Crippen molar-refractivity contribution in [2.75, 3.05) is 30.8 Å². The summed E-state index contributed by atoms with van der Waals surface area (Å²) in [4.78, 5) is 24.4. The molecule has 0 unspecified atom stereocenters. The molecule has 3 heterocycles. The van der Waals surface area contributed by atoms with Crippen LogP contribution in [-0.2, 0) is 0 Å². The van der Waals surface area contributed by atoms with Gasteiger partial charge in [0.2, 0.25) is 5.78 Å². The zero-order valence-corrected chi connectivity index (χ0v) is 14.4. The van der Waals surface area contributed by atoms with E-state index in [1.54, 1.807) is 45.8 Å². The zero-order chi connectivity index (χ0) is 18.3. The van der Waals surface area contributed by atoms with Crippen molar-refractivity contribution in [1.82, 2.24) is 19.3 Å². The minimum absolute atomic E-state index is 0.0792. The average Bonchev–Trinajstić information content (AvgIpc) is 3.30. The third-order valence-corrected chi connectivity index (χ3v) is 4.61. The van der Waals surface area contributed by atoms with Crippen LogP contribution in [0.2, 0.25) is 0 Å². The van der Waals surface area contributed by atoms with Gasteiger partial charge in [-0.2, -0.15) is 0 Å². The Kier molecular flexibility index (Phi) is 3.95. The van der Waals surface area contributed by atoms with Crippen LogP contribution in [-0.4, -0.2) is 45.4 Å². The fourth-order valence-corrected chi connectivity index (χ4v) is 3.18. The molecule has 2 aromatic heterocycles. The second-order valence-electron chi connectivity index (χ2n) is 6.42. The summed E-state index contributed by atoms with van der Waals surface area (Å²) in [6, 6.07) is 4.50. The molecule has 2 amide bonds. The number of amides is 2. The van der Waals surface area contributed by atoms with Gasteiger partial charge in [-0.15, -0.1) is 0 Å². The lowest BCUT2D eigenvalue weighted by Gasteiger charge is -2.24. The van der Waals surface area contributed by atoms with Crippen molar-refractivity contribution < 1.29 is 9.18 Å². The molecule has 3 aromatic rings. The van der Waals surface area contributed by atoms with Crippen LogP contribution in [0.3, 0.4) is 0 Å². The predicted molar refractivity (Wildman–Crippen MR) is 97.4 cm³/mol. The minimum Gasteiger partial charge on any atom is -0.396 e. The van der Waals surface area contributed by atoms with Gasteiger partial charge in [-0.3, -0.25) is 9.30 Å². The van der Waals surface area contributed by atoms with Crippen LogP contribution < -0.4 is 10.6 Å². The smallest absolute Gasteiger partial charge is 0.324 e. The van der Waals surface area contributed by atoms with E-state index < -0.39 is 5.82 Å². The van der Waals surface area contributed by atoms with Crippen molar-refractivity contribution in [1.29, 1.82) is 0 Å². The summed E-state index contributed by atoms with van der Waals surface area (Å²) in [7, 11) is 1.70. The Labute approximate surface area is 149 Å². The molecule has 2 N–H and O–H groups in total. The molecule has 0 bridgehead atoms. The lowest BCUT2D eigenvalue weighted by atomic mass is 10.1. The number of hydrogen-bond donors (Lipinski definition) is 1. The van der Waals surface area contributed by atoms with E-state index in [4.69, 9.17) is 5.73 Å². The van der Waals surface area contributed by atoms with Gasteiger partial charge in [0.1, 0.15) is 5.82 Å². The number of carbonyl (C=O) groups is 1. The highest BCUT2D eigenvalue weighted by atomic mass is 19.1. The molecule has 1 saturated heterocycles. The molecular formula is C18H19FN6O. The first kappa shape index (κ1) is 16.3. The molecule has 1 aliphatic rings. The van der Waals surface area contributed by atoms with E-state index in [1.807, 2.05) is 0 Å². The first-order valence-corrected chi connectivity index (χ1v) is 8.46. The number of benzene rings is 1. The predicted octanol–water partition coefficient (Wildman–Crippen LogP) is 2.77. The molecule has 1 aromatic carbocycles. The van der Waals surface area contributed by atoms with Gasteiger partial charge in [-0.05, 0) is 31.0 Å². The first-order chi connectivity index (χ1) is 12.5. The van der Waals surface area contributed by atoms with Crippen molar-refractivity contribution >= 4 is 23.2 Å². The second kappa shape index (κ2) is 6.29. The van der Waals surface area contributed by atoms with Crippen molar-refractivity contribution in [2.24, 2.45) is 0 Å². The fraction of sp³-hybridized carbons (Fsp3) is 0.278. The highest BCUT2D eigenvalue weighted by Gasteiger charge is 2.23. The highest BCUT2D eigenvalue weighted by molar-refractivity contribution is 5.92. The number of imidazole rings is 1. The largest absolute Gasteiger partial charge is 0.396 e. The van der Waals surface area contributed by atoms with Crippen LogP contribution in [0.15, 0.2) is 36.8 Å². The van der Waals surface area contributed by atoms with Crippen LogP contribution in [0.1, 0.15) is 12.8 Å². The third kappa shape index (κ3) is 2.83. The van der Waals surface area contributed by atoms with Crippen LogP contribution in [0.25, 0.3) is 17.0 Å². The van der Waals surface area contributed by atoms with Crippen LogP contribution >= 0.6 is 0 Å². The molecule has 0 spiro atoms. The van der Waals surface area contributed by atoms with Gasteiger partial charge in [-0.1, -0.05) is 0 Å². The van der Waals surface area contributed by atoms with Gasteiger partial charge in [0.15, 0.2) is 0 Å². The normalized spacial score (nSPS) is 14.2. The maximum absolute atomic E-state index is 14.4. The average molecular weight is 354 g/mol. The topological polar surface area (TPSA) is 79.8 Å². The number of carbonyl (C=O) groups excluding carboxylic acids is 1. The summed E-state index contributed by atoms with van der Waals surface area (Å²) in [6.45, 7) is 1.52. The molecule has 0 aliphatic carbocycles. The fourth-order valence-electron chi connectivity index (χ4n) is 3.18.